The van der Waals surface area contributed by atoms with Gasteiger partial charge in [-0.1, -0.05) is 76.9 Å². The lowest BCUT2D eigenvalue weighted by Gasteiger charge is -2.03. The molecule has 0 aromatic heterocycles. The summed E-state index contributed by atoms with van der Waals surface area (Å²) in [4.78, 5) is 10.8. The maximum atomic E-state index is 10.8. The van der Waals surface area contributed by atoms with Crippen molar-refractivity contribution < 1.29 is 9.53 Å². The summed E-state index contributed by atoms with van der Waals surface area (Å²) in [5.41, 5.74) is 0. The van der Waals surface area contributed by atoms with Crippen LogP contribution in [-0.2, 0) is 4.74 Å². The monoisotopic (exact) mass is 325 g/mol. The van der Waals surface area contributed by atoms with Gasteiger partial charge in [-0.25, -0.2) is 4.79 Å². The minimum Gasteiger partial charge on any atom is -0.450 e. The van der Waals surface area contributed by atoms with Crippen LogP contribution in [0.25, 0.3) is 0 Å². The summed E-state index contributed by atoms with van der Waals surface area (Å²) >= 11 is 0. The average molecular weight is 326 g/mol. The zero-order valence-electron chi connectivity index (χ0n) is 15.6. The normalized spacial score (nSPS) is 11.0. The average Bonchev–Trinajstić information content (AvgIpc) is 2.57. The van der Waals surface area contributed by atoms with Crippen molar-refractivity contribution in [2.75, 3.05) is 13.7 Å². The topological polar surface area (TPSA) is 38.3 Å². The summed E-state index contributed by atoms with van der Waals surface area (Å²) in [7, 11) is 1.59. The van der Waals surface area contributed by atoms with E-state index in [1.807, 2.05) is 0 Å². The summed E-state index contributed by atoms with van der Waals surface area (Å²) in [5.74, 6) is 0. The van der Waals surface area contributed by atoms with E-state index in [0.717, 1.165) is 12.8 Å². The summed E-state index contributed by atoms with van der Waals surface area (Å²) in [6.45, 7) is 2.81. The van der Waals surface area contributed by atoms with E-state index in [0.29, 0.717) is 6.61 Å². The maximum absolute atomic E-state index is 10.8. The van der Waals surface area contributed by atoms with E-state index in [-0.39, 0.29) is 6.09 Å². The van der Waals surface area contributed by atoms with Gasteiger partial charge in [-0.05, 0) is 32.1 Å². The largest absolute Gasteiger partial charge is 0.450 e. The van der Waals surface area contributed by atoms with Crippen molar-refractivity contribution >= 4 is 6.09 Å². The molecule has 0 bridgehead atoms. The van der Waals surface area contributed by atoms with Crippen molar-refractivity contribution in [3.63, 3.8) is 0 Å². The van der Waals surface area contributed by atoms with Crippen molar-refractivity contribution in [3.8, 4) is 0 Å². The van der Waals surface area contributed by atoms with Crippen LogP contribution < -0.4 is 5.32 Å². The Morgan fingerprint density at radius 2 is 1.26 bits per heavy atom. The minimum atomic E-state index is -0.322. The SMILES string of the molecule is CCCCCCCCC=CCCCCCCCCOC(=O)NC. The van der Waals surface area contributed by atoms with Crippen LogP contribution in [-0.4, -0.2) is 19.7 Å². The highest BCUT2D eigenvalue weighted by atomic mass is 16.5. The van der Waals surface area contributed by atoms with Gasteiger partial charge < -0.3 is 10.1 Å². The Hall–Kier alpha value is -0.990. The number of amides is 1. The molecule has 23 heavy (non-hydrogen) atoms. The third-order valence-electron chi connectivity index (χ3n) is 4.09. The van der Waals surface area contributed by atoms with Crippen molar-refractivity contribution in [2.24, 2.45) is 0 Å². The molecule has 1 amide bonds. The number of alkyl carbamates (subject to hydrolysis) is 1. The molecule has 0 spiro atoms. The molecular formula is C20H39NO2. The predicted molar refractivity (Wildman–Crippen MR) is 99.9 cm³/mol. The van der Waals surface area contributed by atoms with Crippen LogP contribution in [0, 0.1) is 0 Å². The highest BCUT2D eigenvalue weighted by Gasteiger charge is 1.96. The third-order valence-corrected chi connectivity index (χ3v) is 4.09. The van der Waals surface area contributed by atoms with E-state index in [1.54, 1.807) is 7.05 Å². The molecule has 0 saturated heterocycles. The lowest BCUT2D eigenvalue weighted by Crippen LogP contribution is -2.19. The standard InChI is InChI=1S/C20H39NO2/c1-3-4-5-6-7-8-9-10-11-12-13-14-15-16-17-18-19-23-20(22)21-2/h10-11H,3-9,12-19H2,1-2H3,(H,21,22). The molecule has 0 aliphatic carbocycles. The molecular weight excluding hydrogens is 286 g/mol. The van der Waals surface area contributed by atoms with E-state index >= 15 is 0 Å². The molecule has 0 aromatic rings. The van der Waals surface area contributed by atoms with Gasteiger partial charge in [-0.2, -0.15) is 0 Å². The zero-order chi connectivity index (χ0) is 17.0. The Balaban J connectivity index is 3.09. The Labute approximate surface area is 144 Å². The van der Waals surface area contributed by atoms with Crippen LogP contribution in [0.4, 0.5) is 4.79 Å². The molecule has 0 aliphatic rings. The fourth-order valence-electron chi connectivity index (χ4n) is 2.59. The first-order chi connectivity index (χ1) is 11.3. The summed E-state index contributed by atoms with van der Waals surface area (Å²) in [5, 5.41) is 2.45. The van der Waals surface area contributed by atoms with E-state index in [4.69, 9.17) is 4.74 Å². The van der Waals surface area contributed by atoms with Gasteiger partial charge in [0.15, 0.2) is 0 Å². The van der Waals surface area contributed by atoms with Gasteiger partial charge in [0, 0.05) is 7.05 Å². The Morgan fingerprint density at radius 3 is 1.78 bits per heavy atom. The fourth-order valence-corrected chi connectivity index (χ4v) is 2.59. The number of allylic oxidation sites excluding steroid dienone is 2. The van der Waals surface area contributed by atoms with Crippen LogP contribution in [0.1, 0.15) is 96.8 Å². The van der Waals surface area contributed by atoms with Crippen LogP contribution in [0.15, 0.2) is 12.2 Å². The lowest BCUT2D eigenvalue weighted by molar-refractivity contribution is 0.146. The molecule has 0 aromatic carbocycles. The molecule has 0 rings (SSSR count). The summed E-state index contributed by atoms with van der Waals surface area (Å²) in [6, 6.07) is 0. The van der Waals surface area contributed by atoms with Crippen molar-refractivity contribution in [2.45, 2.75) is 96.8 Å². The van der Waals surface area contributed by atoms with E-state index in [2.05, 4.69) is 24.4 Å². The van der Waals surface area contributed by atoms with Gasteiger partial charge in [0.2, 0.25) is 0 Å². The number of rotatable bonds is 16. The zero-order valence-corrected chi connectivity index (χ0v) is 15.6. The summed E-state index contributed by atoms with van der Waals surface area (Å²) in [6.07, 6.45) is 22.5. The molecule has 1 N–H and O–H groups in total. The van der Waals surface area contributed by atoms with Gasteiger partial charge in [0.25, 0.3) is 0 Å². The smallest absolute Gasteiger partial charge is 0.406 e. The Bertz CT molecular complexity index is 277. The van der Waals surface area contributed by atoms with E-state index in [1.165, 1.54) is 77.0 Å². The lowest BCUT2D eigenvalue weighted by atomic mass is 10.1. The number of unbranched alkanes of at least 4 members (excludes halogenated alkanes) is 12. The quantitative estimate of drug-likeness (QED) is 0.264. The van der Waals surface area contributed by atoms with Crippen molar-refractivity contribution in [1.82, 2.24) is 5.32 Å². The molecule has 0 unspecified atom stereocenters. The highest BCUT2D eigenvalue weighted by molar-refractivity contribution is 5.66. The third kappa shape index (κ3) is 19.0. The van der Waals surface area contributed by atoms with Crippen LogP contribution in [0.3, 0.4) is 0 Å². The minimum absolute atomic E-state index is 0.322. The number of hydrogen-bond donors (Lipinski definition) is 1. The van der Waals surface area contributed by atoms with E-state index < -0.39 is 0 Å². The van der Waals surface area contributed by atoms with Gasteiger partial charge in [0.1, 0.15) is 0 Å². The van der Waals surface area contributed by atoms with Crippen LogP contribution >= 0.6 is 0 Å². The number of hydrogen-bond acceptors (Lipinski definition) is 2. The molecule has 0 saturated carbocycles. The molecule has 3 nitrogen and oxygen atoms in total. The molecule has 0 fully saturated rings. The Kier molecular flexibility index (Phi) is 18.2. The Morgan fingerprint density at radius 1 is 0.783 bits per heavy atom. The molecule has 0 aliphatic heterocycles. The van der Waals surface area contributed by atoms with Crippen molar-refractivity contribution in [1.29, 1.82) is 0 Å². The molecule has 0 atom stereocenters. The first-order valence-corrected chi connectivity index (χ1v) is 9.80. The first kappa shape index (κ1) is 22.0. The molecule has 0 radical (unpaired) electrons. The molecule has 0 heterocycles. The second-order valence-electron chi connectivity index (χ2n) is 6.32. The second kappa shape index (κ2) is 19.1. The number of ether oxygens (including phenoxy) is 1. The van der Waals surface area contributed by atoms with Gasteiger partial charge >= 0.3 is 6.09 Å². The number of carbonyl (C=O) groups is 1. The number of carbonyl (C=O) groups excluding carboxylic acids is 1. The van der Waals surface area contributed by atoms with Gasteiger partial charge in [-0.3, -0.25) is 0 Å². The summed E-state index contributed by atoms with van der Waals surface area (Å²) < 4.78 is 4.95. The van der Waals surface area contributed by atoms with Gasteiger partial charge in [0.05, 0.1) is 6.61 Å². The van der Waals surface area contributed by atoms with E-state index in [9.17, 15) is 4.79 Å². The van der Waals surface area contributed by atoms with Crippen molar-refractivity contribution in [3.05, 3.63) is 12.2 Å². The molecule has 3 heteroatoms. The predicted octanol–water partition coefficient (Wildman–Crippen LogP) is 6.38. The first-order valence-electron chi connectivity index (χ1n) is 9.80. The van der Waals surface area contributed by atoms with Crippen LogP contribution in [0.5, 0.6) is 0 Å². The molecule has 136 valence electrons. The highest BCUT2D eigenvalue weighted by Crippen LogP contribution is 2.09. The second-order valence-corrected chi connectivity index (χ2v) is 6.32. The fraction of sp³-hybridized carbons (Fsp3) is 0.850. The number of nitrogens with one attached hydrogen (secondary N) is 1. The van der Waals surface area contributed by atoms with Gasteiger partial charge in [-0.15, -0.1) is 0 Å². The maximum Gasteiger partial charge on any atom is 0.406 e. The van der Waals surface area contributed by atoms with Crippen LogP contribution in [0.2, 0.25) is 0 Å².